The first-order chi connectivity index (χ1) is 30.0. The van der Waals surface area contributed by atoms with Crippen LogP contribution in [0.15, 0.2) is 163 Å². The van der Waals surface area contributed by atoms with Gasteiger partial charge < -0.3 is 4.90 Å². The van der Waals surface area contributed by atoms with Crippen LogP contribution in [0.25, 0.3) is 44.5 Å². The normalized spacial score (nSPS) is 17.7. The third-order valence-electron chi connectivity index (χ3n) is 15.2. The number of allylic oxidation sites excluding steroid dienone is 4. The Hall–Kier alpha value is -6.18. The molecule has 0 aromatic heterocycles. The molecule has 62 heavy (non-hydrogen) atoms. The first-order valence-corrected chi connectivity index (χ1v) is 23.0. The number of nitrogens with zero attached hydrogens (tertiary/aromatic N) is 1. The van der Waals surface area contributed by atoms with Gasteiger partial charge >= 0.3 is 0 Å². The molecule has 0 amide bonds. The van der Waals surface area contributed by atoms with E-state index in [1.807, 2.05) is 0 Å². The van der Waals surface area contributed by atoms with Gasteiger partial charge in [0.2, 0.25) is 0 Å². The Morgan fingerprint density at radius 1 is 0.532 bits per heavy atom. The summed E-state index contributed by atoms with van der Waals surface area (Å²) in [5.41, 5.74) is 26.8. The number of fused-ring (bicyclic) bond motifs is 6. The molecule has 0 bridgehead atoms. The highest BCUT2D eigenvalue weighted by Gasteiger charge is 2.44. The molecular weight excluding hydrogens is 747 g/mol. The van der Waals surface area contributed by atoms with E-state index in [-0.39, 0.29) is 10.8 Å². The maximum Gasteiger partial charge on any atom is 0.0505 e. The van der Waals surface area contributed by atoms with Crippen molar-refractivity contribution in [3.8, 4) is 44.5 Å². The van der Waals surface area contributed by atoms with Gasteiger partial charge in [0.25, 0.3) is 0 Å². The molecule has 0 N–H and O–H groups in total. The Bertz CT molecular complexity index is 3000. The van der Waals surface area contributed by atoms with Crippen LogP contribution in [0.2, 0.25) is 0 Å². The van der Waals surface area contributed by atoms with Crippen LogP contribution in [0, 0.1) is 20.8 Å². The molecule has 0 aliphatic heterocycles. The molecule has 7 aromatic rings. The Kier molecular flexibility index (Phi) is 9.03. The van der Waals surface area contributed by atoms with Crippen molar-refractivity contribution in [1.82, 2.24) is 0 Å². The van der Waals surface area contributed by atoms with Gasteiger partial charge in [-0.1, -0.05) is 167 Å². The molecule has 11 rings (SSSR count). The number of hydrogen-bond acceptors (Lipinski definition) is 1. The van der Waals surface area contributed by atoms with Crippen LogP contribution in [0.4, 0.5) is 17.1 Å². The minimum Gasteiger partial charge on any atom is -0.310 e. The van der Waals surface area contributed by atoms with Gasteiger partial charge in [-0.25, -0.2) is 0 Å². The van der Waals surface area contributed by atoms with Crippen LogP contribution in [-0.4, -0.2) is 0 Å². The van der Waals surface area contributed by atoms with Gasteiger partial charge in [0.1, 0.15) is 0 Å². The maximum atomic E-state index is 2.55. The fraction of sp³-hybridized carbons (Fsp3) is 0.246. The number of rotatable bonds is 7. The molecule has 4 aliphatic carbocycles. The molecule has 1 atom stereocenters. The first kappa shape index (κ1) is 38.7. The Balaban J connectivity index is 1.07. The lowest BCUT2D eigenvalue weighted by atomic mass is 9.75. The van der Waals surface area contributed by atoms with Crippen LogP contribution in [-0.2, 0) is 10.8 Å². The summed E-state index contributed by atoms with van der Waals surface area (Å²) in [6.45, 7) is 16.4. The number of benzene rings is 7. The molecule has 1 heteroatoms. The predicted octanol–water partition coefficient (Wildman–Crippen LogP) is 16.9. The van der Waals surface area contributed by atoms with Crippen molar-refractivity contribution in [3.63, 3.8) is 0 Å². The Labute approximate surface area is 369 Å². The van der Waals surface area contributed by atoms with Crippen molar-refractivity contribution >= 4 is 17.1 Å². The minimum atomic E-state index is -0.113. The zero-order chi connectivity index (χ0) is 42.5. The molecule has 4 aliphatic rings. The van der Waals surface area contributed by atoms with Crippen molar-refractivity contribution in [1.29, 1.82) is 0 Å². The molecular formula is C61H57N. The van der Waals surface area contributed by atoms with E-state index in [2.05, 4.69) is 211 Å². The van der Waals surface area contributed by atoms with Crippen molar-refractivity contribution in [2.24, 2.45) is 0 Å². The molecule has 1 unspecified atom stereocenters. The highest BCUT2D eigenvalue weighted by Crippen LogP contribution is 2.58. The van der Waals surface area contributed by atoms with E-state index in [1.165, 1.54) is 131 Å². The van der Waals surface area contributed by atoms with E-state index in [4.69, 9.17) is 0 Å². The van der Waals surface area contributed by atoms with Gasteiger partial charge in [0.15, 0.2) is 0 Å². The van der Waals surface area contributed by atoms with E-state index in [9.17, 15) is 0 Å². The van der Waals surface area contributed by atoms with Gasteiger partial charge in [-0.05, 0) is 166 Å². The summed E-state index contributed by atoms with van der Waals surface area (Å²) in [5, 5.41) is 0. The van der Waals surface area contributed by atoms with E-state index in [0.29, 0.717) is 11.8 Å². The van der Waals surface area contributed by atoms with Crippen LogP contribution >= 0.6 is 0 Å². The highest BCUT2D eigenvalue weighted by atomic mass is 15.1. The third-order valence-corrected chi connectivity index (χ3v) is 15.2. The molecule has 0 heterocycles. The van der Waals surface area contributed by atoms with E-state index < -0.39 is 0 Å². The predicted molar refractivity (Wildman–Crippen MR) is 263 cm³/mol. The van der Waals surface area contributed by atoms with Crippen LogP contribution in [0.5, 0.6) is 0 Å². The van der Waals surface area contributed by atoms with Crippen molar-refractivity contribution in [2.75, 3.05) is 4.90 Å². The van der Waals surface area contributed by atoms with Gasteiger partial charge in [0, 0.05) is 28.1 Å². The maximum absolute atomic E-state index is 2.55. The summed E-state index contributed by atoms with van der Waals surface area (Å²) in [6, 6.07) is 53.7. The van der Waals surface area contributed by atoms with Gasteiger partial charge in [-0.3, -0.25) is 0 Å². The first-order valence-electron chi connectivity index (χ1n) is 23.0. The summed E-state index contributed by atoms with van der Waals surface area (Å²) >= 11 is 0. The Morgan fingerprint density at radius 3 is 2.05 bits per heavy atom. The highest BCUT2D eigenvalue weighted by molar-refractivity contribution is 5.91. The van der Waals surface area contributed by atoms with Crippen molar-refractivity contribution in [2.45, 2.75) is 96.8 Å². The molecule has 7 aromatic carbocycles. The van der Waals surface area contributed by atoms with Crippen LogP contribution in [0.1, 0.15) is 110 Å². The quantitative estimate of drug-likeness (QED) is 0.155. The standard InChI is InChI=1S/C61H57N/c1-38-34-40(3)57-52-37-44(30-33-54(52)60(4,5)55(57)35-38)43-19-13-20-46(36-43)62(56-27-15-25-51-50-22-10-11-26-53(50)61(6,7)59(51)56)45-31-28-42(29-32-45)49-24-14-23-48(41-17-12-18-41)58(49)47-21-9-8-16-39(47)2/h8-11,13-16,19-21,23-37,41,50H,12,17-18,22H2,1-7H3. The number of aryl methyl sites for hydroxylation is 3. The lowest BCUT2D eigenvalue weighted by Crippen LogP contribution is -2.21. The molecule has 1 saturated carbocycles. The lowest BCUT2D eigenvalue weighted by molar-refractivity contribution is 0.420. The average molecular weight is 804 g/mol. The topological polar surface area (TPSA) is 3.24 Å². The monoisotopic (exact) mass is 803 g/mol. The molecule has 0 spiro atoms. The van der Waals surface area contributed by atoms with E-state index in [0.717, 1.165) is 6.42 Å². The lowest BCUT2D eigenvalue weighted by Gasteiger charge is -2.33. The smallest absolute Gasteiger partial charge is 0.0505 e. The average Bonchev–Trinajstić information content (AvgIpc) is 3.63. The molecule has 0 saturated heterocycles. The van der Waals surface area contributed by atoms with Gasteiger partial charge in [0.05, 0.1) is 5.69 Å². The fourth-order valence-electron chi connectivity index (χ4n) is 11.9. The number of hydrogen-bond donors (Lipinski definition) is 0. The van der Waals surface area contributed by atoms with E-state index in [1.54, 1.807) is 0 Å². The zero-order valence-corrected chi connectivity index (χ0v) is 37.4. The summed E-state index contributed by atoms with van der Waals surface area (Å²) in [5.74, 6) is 1.04. The van der Waals surface area contributed by atoms with Gasteiger partial charge in [-0.15, -0.1) is 0 Å². The Morgan fingerprint density at radius 2 is 1.26 bits per heavy atom. The largest absolute Gasteiger partial charge is 0.310 e. The van der Waals surface area contributed by atoms with Crippen molar-refractivity contribution in [3.05, 3.63) is 208 Å². The second kappa shape index (κ2) is 14.5. The second-order valence-electron chi connectivity index (χ2n) is 19.7. The third kappa shape index (κ3) is 5.95. The SMILES string of the molecule is Cc1cc(C)c2c(c1)C(C)(C)c1ccc(-c3cccc(N(c4ccc(-c5cccc(C6CCC6)c5-c5ccccc5C)cc4)c4cccc5c4C(C)(C)C4=CC=CCC45)c3)cc1-2. The van der Waals surface area contributed by atoms with Crippen LogP contribution < -0.4 is 4.90 Å². The summed E-state index contributed by atoms with van der Waals surface area (Å²) in [4.78, 5) is 2.55. The van der Waals surface area contributed by atoms with E-state index >= 15 is 0 Å². The second-order valence-corrected chi connectivity index (χ2v) is 19.7. The summed E-state index contributed by atoms with van der Waals surface area (Å²) in [6.07, 6.45) is 11.9. The van der Waals surface area contributed by atoms with Crippen molar-refractivity contribution < 1.29 is 0 Å². The minimum absolute atomic E-state index is 0.0351. The molecule has 306 valence electrons. The van der Waals surface area contributed by atoms with Crippen LogP contribution in [0.3, 0.4) is 0 Å². The zero-order valence-electron chi connectivity index (χ0n) is 37.4. The molecule has 1 nitrogen and oxygen atoms in total. The number of anilines is 3. The molecule has 1 fully saturated rings. The van der Waals surface area contributed by atoms with Gasteiger partial charge in [-0.2, -0.15) is 0 Å². The fourth-order valence-corrected chi connectivity index (χ4v) is 11.9. The summed E-state index contributed by atoms with van der Waals surface area (Å²) < 4.78 is 0. The molecule has 0 radical (unpaired) electrons. The summed E-state index contributed by atoms with van der Waals surface area (Å²) in [7, 11) is 0.